The lowest BCUT2D eigenvalue weighted by molar-refractivity contribution is 0.0953. The molecule has 1 amide bonds. The molecule has 0 saturated carbocycles. The number of para-hydroxylation sites is 1. The van der Waals surface area contributed by atoms with E-state index in [1.807, 2.05) is 49.4 Å². The Hall–Kier alpha value is -1.81. The van der Waals surface area contributed by atoms with Gasteiger partial charge in [-0.3, -0.25) is 4.79 Å². The van der Waals surface area contributed by atoms with E-state index in [9.17, 15) is 4.79 Å². The van der Waals surface area contributed by atoms with Crippen molar-refractivity contribution in [2.24, 2.45) is 0 Å². The molecule has 0 aliphatic carbocycles. The summed E-state index contributed by atoms with van der Waals surface area (Å²) in [6, 6.07) is 13.5. The molecule has 3 nitrogen and oxygen atoms in total. The molecule has 4 heteroatoms. The van der Waals surface area contributed by atoms with Crippen molar-refractivity contribution in [1.82, 2.24) is 5.32 Å². The van der Waals surface area contributed by atoms with Gasteiger partial charge in [0.15, 0.2) is 0 Å². The minimum atomic E-state index is -0.0724. The number of ether oxygens (including phenoxy) is 1. The molecule has 0 aliphatic heterocycles. The van der Waals surface area contributed by atoms with Gasteiger partial charge in [0.1, 0.15) is 5.75 Å². The van der Waals surface area contributed by atoms with Crippen LogP contribution in [0.5, 0.6) is 5.75 Å². The molecule has 21 heavy (non-hydrogen) atoms. The van der Waals surface area contributed by atoms with Crippen LogP contribution in [0.15, 0.2) is 46.9 Å². The molecule has 110 valence electrons. The Morgan fingerprint density at radius 1 is 1.24 bits per heavy atom. The molecule has 2 aromatic rings. The van der Waals surface area contributed by atoms with Gasteiger partial charge in [-0.2, -0.15) is 0 Å². The summed E-state index contributed by atoms with van der Waals surface area (Å²) in [6.07, 6.45) is 0.735. The van der Waals surface area contributed by atoms with E-state index in [2.05, 4.69) is 21.2 Å². The third kappa shape index (κ3) is 4.08. The molecule has 0 heterocycles. The Labute approximate surface area is 133 Å². The monoisotopic (exact) mass is 347 g/mol. The zero-order valence-electron chi connectivity index (χ0n) is 12.2. The van der Waals surface area contributed by atoms with Gasteiger partial charge < -0.3 is 10.1 Å². The van der Waals surface area contributed by atoms with Crippen molar-refractivity contribution in [1.29, 1.82) is 0 Å². The molecule has 1 N–H and O–H groups in total. The summed E-state index contributed by atoms with van der Waals surface area (Å²) in [7, 11) is 1.65. The molecule has 2 aromatic carbocycles. The fourth-order valence-electron chi connectivity index (χ4n) is 2.12. The third-order valence-corrected chi connectivity index (χ3v) is 3.90. The van der Waals surface area contributed by atoms with Gasteiger partial charge in [0.2, 0.25) is 0 Å². The largest absolute Gasteiger partial charge is 0.496 e. The average Bonchev–Trinajstić information content (AvgIpc) is 2.47. The van der Waals surface area contributed by atoms with Crippen LogP contribution in [0.25, 0.3) is 0 Å². The number of rotatable bonds is 5. The maximum atomic E-state index is 12.1. The van der Waals surface area contributed by atoms with E-state index in [0.29, 0.717) is 12.1 Å². The summed E-state index contributed by atoms with van der Waals surface area (Å²) in [5.41, 5.74) is 2.86. The number of benzene rings is 2. The van der Waals surface area contributed by atoms with Gasteiger partial charge in [0.05, 0.1) is 12.7 Å². The second-order valence-electron chi connectivity index (χ2n) is 4.80. The molecule has 0 aromatic heterocycles. The number of nitrogens with one attached hydrogen (secondary N) is 1. The van der Waals surface area contributed by atoms with E-state index in [4.69, 9.17) is 4.74 Å². The zero-order valence-corrected chi connectivity index (χ0v) is 13.7. The minimum absolute atomic E-state index is 0.0724. The molecule has 2 rings (SSSR count). The van der Waals surface area contributed by atoms with Gasteiger partial charge in [-0.05, 0) is 58.6 Å². The molecular formula is C17H18BrNO2. The van der Waals surface area contributed by atoms with Crippen LogP contribution < -0.4 is 10.1 Å². The van der Waals surface area contributed by atoms with Gasteiger partial charge >= 0.3 is 0 Å². The van der Waals surface area contributed by atoms with Gasteiger partial charge in [-0.25, -0.2) is 0 Å². The number of hydrogen-bond acceptors (Lipinski definition) is 2. The Balaban J connectivity index is 1.95. The first-order chi connectivity index (χ1) is 10.1. The second kappa shape index (κ2) is 7.27. The molecule has 0 saturated heterocycles. The summed E-state index contributed by atoms with van der Waals surface area (Å²) in [5.74, 6) is 0.778. The van der Waals surface area contributed by atoms with E-state index in [1.165, 1.54) is 0 Å². The predicted molar refractivity (Wildman–Crippen MR) is 87.9 cm³/mol. The van der Waals surface area contributed by atoms with Crippen molar-refractivity contribution in [2.75, 3.05) is 13.7 Å². The molecule has 0 radical (unpaired) electrons. The quantitative estimate of drug-likeness (QED) is 0.894. The second-order valence-corrected chi connectivity index (χ2v) is 5.66. The van der Waals surface area contributed by atoms with Gasteiger partial charge in [-0.15, -0.1) is 0 Å². The first kappa shape index (κ1) is 15.6. The average molecular weight is 348 g/mol. The Morgan fingerprint density at radius 3 is 2.71 bits per heavy atom. The van der Waals surface area contributed by atoms with Crippen LogP contribution >= 0.6 is 15.9 Å². The van der Waals surface area contributed by atoms with Crippen LogP contribution in [-0.4, -0.2) is 19.6 Å². The van der Waals surface area contributed by atoms with Crippen molar-refractivity contribution in [3.05, 3.63) is 63.6 Å². The normalized spacial score (nSPS) is 10.2. The van der Waals surface area contributed by atoms with Crippen molar-refractivity contribution < 1.29 is 9.53 Å². The summed E-state index contributed by atoms with van der Waals surface area (Å²) in [6.45, 7) is 2.56. The third-order valence-electron chi connectivity index (χ3n) is 3.24. The van der Waals surface area contributed by atoms with Crippen LogP contribution in [0.1, 0.15) is 21.5 Å². The Bertz CT molecular complexity index is 640. The highest BCUT2D eigenvalue weighted by molar-refractivity contribution is 9.10. The first-order valence-corrected chi connectivity index (χ1v) is 7.57. The Morgan fingerprint density at radius 2 is 2.00 bits per heavy atom. The molecule has 0 unspecified atom stereocenters. The molecule has 0 aliphatic rings. The molecular weight excluding hydrogens is 330 g/mol. The molecule has 0 fully saturated rings. The highest BCUT2D eigenvalue weighted by Gasteiger charge is 2.10. The summed E-state index contributed by atoms with van der Waals surface area (Å²) >= 11 is 3.43. The Kier molecular flexibility index (Phi) is 5.39. The van der Waals surface area contributed by atoms with Crippen LogP contribution in [0.4, 0.5) is 0 Å². The first-order valence-electron chi connectivity index (χ1n) is 6.78. The fourth-order valence-corrected chi connectivity index (χ4v) is 2.79. The summed E-state index contributed by atoms with van der Waals surface area (Å²) in [5, 5.41) is 2.93. The van der Waals surface area contributed by atoms with Crippen molar-refractivity contribution >= 4 is 21.8 Å². The van der Waals surface area contributed by atoms with E-state index >= 15 is 0 Å². The lowest BCUT2D eigenvalue weighted by Gasteiger charge is -2.10. The van der Waals surface area contributed by atoms with Crippen molar-refractivity contribution in [3.63, 3.8) is 0 Å². The number of aryl methyl sites for hydroxylation is 1. The maximum Gasteiger partial charge on any atom is 0.252 e. The van der Waals surface area contributed by atoms with E-state index in [1.54, 1.807) is 7.11 Å². The molecule has 0 spiro atoms. The van der Waals surface area contributed by atoms with Gasteiger partial charge in [-0.1, -0.05) is 24.3 Å². The number of carbonyl (C=O) groups is 1. The smallest absolute Gasteiger partial charge is 0.252 e. The zero-order chi connectivity index (χ0) is 15.2. The number of halogens is 1. The minimum Gasteiger partial charge on any atom is -0.496 e. The highest BCUT2D eigenvalue weighted by atomic mass is 79.9. The van der Waals surface area contributed by atoms with E-state index in [-0.39, 0.29) is 5.91 Å². The van der Waals surface area contributed by atoms with Crippen LogP contribution in [-0.2, 0) is 6.42 Å². The van der Waals surface area contributed by atoms with Gasteiger partial charge in [0.25, 0.3) is 5.91 Å². The molecule has 0 bridgehead atoms. The topological polar surface area (TPSA) is 38.3 Å². The van der Waals surface area contributed by atoms with E-state index < -0.39 is 0 Å². The van der Waals surface area contributed by atoms with Crippen molar-refractivity contribution in [2.45, 2.75) is 13.3 Å². The van der Waals surface area contributed by atoms with Crippen LogP contribution in [0.3, 0.4) is 0 Å². The SMILES string of the molecule is COc1ccccc1CCNC(=O)c1ccc(C)cc1Br. The lowest BCUT2D eigenvalue weighted by Crippen LogP contribution is -2.26. The maximum absolute atomic E-state index is 12.1. The summed E-state index contributed by atoms with van der Waals surface area (Å²) in [4.78, 5) is 12.1. The highest BCUT2D eigenvalue weighted by Crippen LogP contribution is 2.19. The summed E-state index contributed by atoms with van der Waals surface area (Å²) < 4.78 is 6.12. The fraction of sp³-hybridized carbons (Fsp3) is 0.235. The van der Waals surface area contributed by atoms with Gasteiger partial charge in [0, 0.05) is 11.0 Å². The molecule has 0 atom stereocenters. The lowest BCUT2D eigenvalue weighted by atomic mass is 10.1. The number of hydrogen-bond donors (Lipinski definition) is 1. The van der Waals surface area contributed by atoms with E-state index in [0.717, 1.165) is 27.8 Å². The number of methoxy groups -OCH3 is 1. The van der Waals surface area contributed by atoms with Crippen molar-refractivity contribution in [3.8, 4) is 5.75 Å². The standard InChI is InChI=1S/C17H18BrNO2/c1-12-7-8-14(15(18)11-12)17(20)19-10-9-13-5-3-4-6-16(13)21-2/h3-8,11H,9-10H2,1-2H3,(H,19,20). The number of carbonyl (C=O) groups excluding carboxylic acids is 1. The van der Waals surface area contributed by atoms with Crippen LogP contribution in [0.2, 0.25) is 0 Å². The van der Waals surface area contributed by atoms with Crippen LogP contribution in [0, 0.1) is 6.92 Å². The predicted octanol–water partition coefficient (Wildman–Crippen LogP) is 3.74. The number of amides is 1.